The minimum absolute atomic E-state index is 0.902. The molecule has 0 aliphatic heterocycles. The number of rotatable bonds is 3. The third-order valence-electron chi connectivity index (χ3n) is 5.09. The van der Waals surface area contributed by atoms with Gasteiger partial charge in [-0.15, -0.1) is 0 Å². The topological polar surface area (TPSA) is 12.0 Å². The number of hydrogen-bond donors (Lipinski definition) is 1. The van der Waals surface area contributed by atoms with E-state index < -0.39 is 0 Å². The molecule has 0 aromatic heterocycles. The highest BCUT2D eigenvalue weighted by atomic mass is 14.9. The highest BCUT2D eigenvalue weighted by molar-refractivity contribution is 5.05. The molecule has 2 bridgehead atoms. The summed E-state index contributed by atoms with van der Waals surface area (Å²) in [6, 6.07) is 0.902. The number of hydrogen-bond acceptors (Lipinski definition) is 1. The monoisotopic (exact) mass is 193 g/mol. The molecule has 0 saturated heterocycles. The molecule has 3 aliphatic carbocycles. The van der Waals surface area contributed by atoms with Gasteiger partial charge in [-0.25, -0.2) is 0 Å². The summed E-state index contributed by atoms with van der Waals surface area (Å²) in [5.41, 5.74) is 0. The molecule has 3 fully saturated rings. The largest absolute Gasteiger partial charge is 0.314 e. The van der Waals surface area contributed by atoms with E-state index in [4.69, 9.17) is 0 Å². The van der Waals surface area contributed by atoms with E-state index in [0.717, 1.165) is 29.7 Å². The zero-order chi connectivity index (χ0) is 9.54. The number of fused-ring (bicyclic) bond motifs is 5. The van der Waals surface area contributed by atoms with Crippen LogP contribution in [0.25, 0.3) is 0 Å². The molecule has 0 heterocycles. The van der Waals surface area contributed by atoms with Crippen LogP contribution < -0.4 is 5.32 Å². The van der Waals surface area contributed by atoms with Crippen molar-refractivity contribution in [3.05, 3.63) is 0 Å². The van der Waals surface area contributed by atoms with Crippen LogP contribution in [0.15, 0.2) is 0 Å². The maximum absolute atomic E-state index is 3.78. The van der Waals surface area contributed by atoms with Crippen LogP contribution >= 0.6 is 0 Å². The molecule has 0 amide bonds. The summed E-state index contributed by atoms with van der Waals surface area (Å²) in [6.45, 7) is 3.52. The molecule has 1 N–H and O–H groups in total. The lowest BCUT2D eigenvalue weighted by molar-refractivity contribution is 0.209. The van der Waals surface area contributed by atoms with Gasteiger partial charge in [0, 0.05) is 6.04 Å². The Morgan fingerprint density at radius 1 is 1.07 bits per heavy atom. The predicted octanol–water partition coefficient (Wildman–Crippen LogP) is 2.81. The molecule has 0 spiro atoms. The van der Waals surface area contributed by atoms with Crippen molar-refractivity contribution >= 4 is 0 Å². The van der Waals surface area contributed by atoms with Gasteiger partial charge in [-0.3, -0.25) is 0 Å². The molecular weight excluding hydrogens is 170 g/mol. The van der Waals surface area contributed by atoms with Crippen molar-refractivity contribution in [1.29, 1.82) is 0 Å². The number of nitrogens with one attached hydrogen (secondary N) is 1. The first-order chi connectivity index (χ1) is 6.90. The molecule has 1 nitrogen and oxygen atoms in total. The van der Waals surface area contributed by atoms with E-state index in [-0.39, 0.29) is 0 Å². The SMILES string of the molecule is CCCN[C@@H]1C[C@H]2C[C@@H]1[C@H]1CCC[C@H]21. The van der Waals surface area contributed by atoms with Crippen LogP contribution in [0, 0.1) is 23.7 Å². The van der Waals surface area contributed by atoms with E-state index in [0.29, 0.717) is 0 Å². The van der Waals surface area contributed by atoms with E-state index in [1.54, 1.807) is 19.3 Å². The Hall–Kier alpha value is -0.0400. The van der Waals surface area contributed by atoms with Gasteiger partial charge in [-0.05, 0) is 62.3 Å². The molecular formula is C13H23N. The lowest BCUT2D eigenvalue weighted by Gasteiger charge is -2.32. The van der Waals surface area contributed by atoms with Gasteiger partial charge < -0.3 is 5.32 Å². The van der Waals surface area contributed by atoms with Crippen molar-refractivity contribution in [3.8, 4) is 0 Å². The second-order valence-corrected chi connectivity index (χ2v) is 5.71. The normalized spacial score (nSPS) is 49.9. The highest BCUT2D eigenvalue weighted by Gasteiger charge is 2.53. The van der Waals surface area contributed by atoms with E-state index in [2.05, 4.69) is 12.2 Å². The van der Waals surface area contributed by atoms with E-state index in [1.165, 1.54) is 25.8 Å². The quantitative estimate of drug-likeness (QED) is 0.727. The summed E-state index contributed by atoms with van der Waals surface area (Å²) in [5.74, 6) is 4.46. The Morgan fingerprint density at radius 3 is 2.79 bits per heavy atom. The fourth-order valence-corrected chi connectivity index (χ4v) is 4.63. The zero-order valence-corrected chi connectivity index (χ0v) is 9.34. The average Bonchev–Trinajstić information content (AvgIpc) is 2.85. The Labute approximate surface area is 87.7 Å². The molecule has 80 valence electrons. The second-order valence-electron chi connectivity index (χ2n) is 5.71. The Bertz CT molecular complexity index is 213. The van der Waals surface area contributed by atoms with Gasteiger partial charge in [0.25, 0.3) is 0 Å². The van der Waals surface area contributed by atoms with Crippen molar-refractivity contribution in [2.45, 2.75) is 51.5 Å². The molecule has 3 aliphatic rings. The minimum Gasteiger partial charge on any atom is -0.314 e. The molecule has 14 heavy (non-hydrogen) atoms. The molecule has 0 aromatic carbocycles. The van der Waals surface area contributed by atoms with E-state index >= 15 is 0 Å². The van der Waals surface area contributed by atoms with Crippen molar-refractivity contribution < 1.29 is 0 Å². The Balaban J connectivity index is 1.65. The van der Waals surface area contributed by atoms with Gasteiger partial charge in [-0.2, -0.15) is 0 Å². The molecule has 1 heteroatoms. The van der Waals surface area contributed by atoms with Gasteiger partial charge >= 0.3 is 0 Å². The van der Waals surface area contributed by atoms with Crippen molar-refractivity contribution in [1.82, 2.24) is 5.32 Å². The van der Waals surface area contributed by atoms with Gasteiger partial charge in [0.1, 0.15) is 0 Å². The highest BCUT2D eigenvalue weighted by Crippen LogP contribution is 2.58. The zero-order valence-electron chi connectivity index (χ0n) is 9.34. The van der Waals surface area contributed by atoms with E-state index in [1.807, 2.05) is 0 Å². The lowest BCUT2D eigenvalue weighted by atomic mass is 9.79. The van der Waals surface area contributed by atoms with Gasteiger partial charge in [-0.1, -0.05) is 13.3 Å². The lowest BCUT2D eigenvalue weighted by Crippen LogP contribution is -2.39. The predicted molar refractivity (Wildman–Crippen MR) is 59.1 cm³/mol. The molecule has 0 radical (unpaired) electrons. The molecule has 3 saturated carbocycles. The van der Waals surface area contributed by atoms with Crippen LogP contribution in [0.5, 0.6) is 0 Å². The maximum atomic E-state index is 3.78. The maximum Gasteiger partial charge on any atom is 0.0101 e. The molecule has 5 atom stereocenters. The van der Waals surface area contributed by atoms with E-state index in [9.17, 15) is 0 Å². The third kappa shape index (κ3) is 1.25. The first-order valence-electron chi connectivity index (χ1n) is 6.63. The van der Waals surface area contributed by atoms with Crippen molar-refractivity contribution in [2.24, 2.45) is 23.7 Å². The fourth-order valence-electron chi connectivity index (χ4n) is 4.63. The van der Waals surface area contributed by atoms with Crippen LogP contribution in [0.3, 0.4) is 0 Å². The summed E-state index contributed by atoms with van der Waals surface area (Å²) in [5, 5.41) is 3.78. The Kier molecular flexibility index (Phi) is 2.31. The molecule has 0 aromatic rings. The van der Waals surface area contributed by atoms with Crippen molar-refractivity contribution in [2.75, 3.05) is 6.54 Å². The fraction of sp³-hybridized carbons (Fsp3) is 1.00. The summed E-state index contributed by atoms with van der Waals surface area (Å²) in [7, 11) is 0. The standard InChI is InChI=1S/C13H23N/c1-2-6-14-13-8-9-7-12(13)11-5-3-4-10(9)11/h9-14H,2-8H2,1H3/t9-,10-,11+,12-,13-/m1/s1. The smallest absolute Gasteiger partial charge is 0.0101 e. The van der Waals surface area contributed by atoms with Gasteiger partial charge in [0.2, 0.25) is 0 Å². The van der Waals surface area contributed by atoms with Gasteiger partial charge in [0.15, 0.2) is 0 Å². The second kappa shape index (κ2) is 3.52. The van der Waals surface area contributed by atoms with Crippen LogP contribution in [0.1, 0.15) is 45.4 Å². The molecule has 3 rings (SSSR count). The third-order valence-corrected chi connectivity index (χ3v) is 5.09. The van der Waals surface area contributed by atoms with Crippen LogP contribution in [0.2, 0.25) is 0 Å². The Morgan fingerprint density at radius 2 is 1.93 bits per heavy atom. The van der Waals surface area contributed by atoms with Crippen LogP contribution in [-0.2, 0) is 0 Å². The summed E-state index contributed by atoms with van der Waals surface area (Å²) < 4.78 is 0. The summed E-state index contributed by atoms with van der Waals surface area (Å²) in [6.07, 6.45) is 9.01. The first-order valence-corrected chi connectivity index (χ1v) is 6.63. The van der Waals surface area contributed by atoms with Crippen molar-refractivity contribution in [3.63, 3.8) is 0 Å². The van der Waals surface area contributed by atoms with Crippen LogP contribution in [0.4, 0.5) is 0 Å². The summed E-state index contributed by atoms with van der Waals surface area (Å²) >= 11 is 0. The molecule has 0 unspecified atom stereocenters. The average molecular weight is 193 g/mol. The van der Waals surface area contributed by atoms with Gasteiger partial charge in [0.05, 0.1) is 0 Å². The first kappa shape index (κ1) is 9.21. The van der Waals surface area contributed by atoms with Crippen LogP contribution in [-0.4, -0.2) is 12.6 Å². The summed E-state index contributed by atoms with van der Waals surface area (Å²) in [4.78, 5) is 0. The minimum atomic E-state index is 0.902.